The number of halogens is 1. The van der Waals surface area contributed by atoms with Crippen LogP contribution in [-0.2, 0) is 10.0 Å². The molecule has 2 heterocycles. The monoisotopic (exact) mass is 418 g/mol. The standard InChI is InChI=1S/C20H19FN2O3S2/c1-14-17-4-2-3-5-18(17)27-19(14)20(24)22-10-12-23(13-11-22)28(25,26)16-8-6-15(21)7-9-16/h2-9H,10-13H2,1H3. The molecule has 0 unspecified atom stereocenters. The normalized spacial score (nSPS) is 15.9. The van der Waals surface area contributed by atoms with Crippen LogP contribution >= 0.6 is 11.3 Å². The number of sulfonamides is 1. The largest absolute Gasteiger partial charge is 0.335 e. The van der Waals surface area contributed by atoms with Crippen molar-refractivity contribution in [2.24, 2.45) is 0 Å². The van der Waals surface area contributed by atoms with Crippen LogP contribution in [0.5, 0.6) is 0 Å². The molecule has 0 aliphatic carbocycles. The highest BCUT2D eigenvalue weighted by molar-refractivity contribution is 7.89. The maximum atomic E-state index is 13.1. The van der Waals surface area contributed by atoms with Crippen molar-refractivity contribution in [2.75, 3.05) is 26.2 Å². The SMILES string of the molecule is Cc1c(C(=O)N2CCN(S(=O)(=O)c3ccc(F)cc3)CC2)sc2ccccc12. The average molecular weight is 419 g/mol. The van der Waals surface area contributed by atoms with Crippen LogP contribution in [0.2, 0.25) is 0 Å². The third-order valence-electron chi connectivity index (χ3n) is 5.02. The van der Waals surface area contributed by atoms with E-state index in [9.17, 15) is 17.6 Å². The van der Waals surface area contributed by atoms with Crippen LogP contribution in [0, 0.1) is 12.7 Å². The second kappa shape index (κ2) is 7.27. The highest BCUT2D eigenvalue weighted by Crippen LogP contribution is 2.31. The summed E-state index contributed by atoms with van der Waals surface area (Å²) >= 11 is 1.47. The molecule has 28 heavy (non-hydrogen) atoms. The molecule has 1 fully saturated rings. The predicted molar refractivity (Wildman–Crippen MR) is 108 cm³/mol. The summed E-state index contributed by atoms with van der Waals surface area (Å²) in [6, 6.07) is 12.7. The molecule has 0 radical (unpaired) electrons. The molecule has 1 amide bonds. The summed E-state index contributed by atoms with van der Waals surface area (Å²) < 4.78 is 40.9. The molecule has 1 aliphatic rings. The molecule has 1 aromatic heterocycles. The van der Waals surface area contributed by atoms with Gasteiger partial charge >= 0.3 is 0 Å². The molecule has 146 valence electrons. The zero-order chi connectivity index (χ0) is 19.9. The summed E-state index contributed by atoms with van der Waals surface area (Å²) in [5.41, 5.74) is 0.965. The fourth-order valence-corrected chi connectivity index (χ4v) is 6.01. The number of benzene rings is 2. The van der Waals surface area contributed by atoms with Gasteiger partial charge in [0.05, 0.1) is 9.77 Å². The first-order valence-corrected chi connectivity index (χ1v) is 11.2. The van der Waals surface area contributed by atoms with Crippen LogP contribution in [-0.4, -0.2) is 49.7 Å². The molecule has 0 atom stereocenters. The summed E-state index contributed by atoms with van der Waals surface area (Å²) in [6.45, 7) is 3.03. The second-order valence-corrected chi connectivity index (χ2v) is 9.69. The van der Waals surface area contributed by atoms with Gasteiger partial charge < -0.3 is 4.90 Å². The zero-order valence-electron chi connectivity index (χ0n) is 15.3. The van der Waals surface area contributed by atoms with Crippen LogP contribution in [0.4, 0.5) is 4.39 Å². The number of rotatable bonds is 3. The van der Waals surface area contributed by atoms with Gasteiger partial charge in [0.25, 0.3) is 5.91 Å². The number of carbonyl (C=O) groups is 1. The molecule has 0 N–H and O–H groups in total. The van der Waals surface area contributed by atoms with E-state index in [2.05, 4.69) is 0 Å². The molecule has 0 saturated carbocycles. The topological polar surface area (TPSA) is 57.7 Å². The van der Waals surface area contributed by atoms with E-state index in [1.807, 2.05) is 31.2 Å². The lowest BCUT2D eigenvalue weighted by Crippen LogP contribution is -2.50. The Morgan fingerprint density at radius 1 is 1.00 bits per heavy atom. The number of hydrogen-bond donors (Lipinski definition) is 0. The van der Waals surface area contributed by atoms with Crippen molar-refractivity contribution < 1.29 is 17.6 Å². The van der Waals surface area contributed by atoms with Crippen molar-refractivity contribution in [1.82, 2.24) is 9.21 Å². The molecule has 2 aromatic carbocycles. The Labute approximate surface area is 167 Å². The number of nitrogens with zero attached hydrogens (tertiary/aromatic N) is 2. The number of amides is 1. The smallest absolute Gasteiger partial charge is 0.264 e. The maximum absolute atomic E-state index is 13.1. The van der Waals surface area contributed by atoms with E-state index >= 15 is 0 Å². The third-order valence-corrected chi connectivity index (χ3v) is 8.19. The fraction of sp³-hybridized carbons (Fsp3) is 0.250. The van der Waals surface area contributed by atoms with E-state index < -0.39 is 15.8 Å². The first-order chi connectivity index (χ1) is 13.4. The van der Waals surface area contributed by atoms with E-state index in [0.717, 1.165) is 27.8 Å². The molecular formula is C20H19FN2O3S2. The fourth-order valence-electron chi connectivity index (χ4n) is 3.41. The molecule has 4 rings (SSSR count). The van der Waals surface area contributed by atoms with Crippen LogP contribution < -0.4 is 0 Å². The van der Waals surface area contributed by atoms with Crippen molar-refractivity contribution in [2.45, 2.75) is 11.8 Å². The van der Waals surface area contributed by atoms with Gasteiger partial charge in [0.1, 0.15) is 5.82 Å². The molecule has 0 spiro atoms. The Kier molecular flexibility index (Phi) is 4.95. The Morgan fingerprint density at radius 2 is 1.64 bits per heavy atom. The minimum absolute atomic E-state index is 0.0578. The minimum Gasteiger partial charge on any atom is -0.335 e. The van der Waals surface area contributed by atoms with Crippen LogP contribution in [0.3, 0.4) is 0 Å². The maximum Gasteiger partial charge on any atom is 0.264 e. The van der Waals surface area contributed by atoms with E-state index in [-0.39, 0.29) is 23.9 Å². The molecular weight excluding hydrogens is 399 g/mol. The number of thiophene rings is 1. The first kappa shape index (κ1) is 19.0. The Morgan fingerprint density at radius 3 is 2.29 bits per heavy atom. The van der Waals surface area contributed by atoms with Gasteiger partial charge in [0.15, 0.2) is 0 Å². The summed E-state index contributed by atoms with van der Waals surface area (Å²) in [5, 5.41) is 1.08. The van der Waals surface area contributed by atoms with Gasteiger partial charge in [-0.15, -0.1) is 11.3 Å². The van der Waals surface area contributed by atoms with Gasteiger partial charge in [-0.2, -0.15) is 4.31 Å². The highest BCUT2D eigenvalue weighted by atomic mass is 32.2. The molecule has 8 heteroatoms. The summed E-state index contributed by atoms with van der Waals surface area (Å²) in [5.74, 6) is -0.536. The predicted octanol–water partition coefficient (Wildman–Crippen LogP) is 3.50. The van der Waals surface area contributed by atoms with Gasteiger partial charge in [0, 0.05) is 30.9 Å². The number of piperazine rings is 1. The Balaban J connectivity index is 1.49. The van der Waals surface area contributed by atoms with Gasteiger partial charge in [-0.3, -0.25) is 4.79 Å². The van der Waals surface area contributed by atoms with Crippen molar-refractivity contribution in [3.8, 4) is 0 Å². The number of carbonyl (C=O) groups excluding carboxylic acids is 1. The van der Waals surface area contributed by atoms with E-state index in [0.29, 0.717) is 18.0 Å². The highest BCUT2D eigenvalue weighted by Gasteiger charge is 2.31. The van der Waals surface area contributed by atoms with Crippen molar-refractivity contribution >= 4 is 37.4 Å². The molecule has 1 aliphatic heterocycles. The first-order valence-electron chi connectivity index (χ1n) is 8.91. The van der Waals surface area contributed by atoms with Gasteiger partial charge in [-0.1, -0.05) is 18.2 Å². The number of aryl methyl sites for hydroxylation is 1. The molecule has 1 saturated heterocycles. The number of fused-ring (bicyclic) bond motifs is 1. The third kappa shape index (κ3) is 3.32. The van der Waals surface area contributed by atoms with Gasteiger partial charge in [0.2, 0.25) is 10.0 Å². The molecule has 3 aromatic rings. The summed E-state index contributed by atoms with van der Waals surface area (Å²) in [6.07, 6.45) is 0. The summed E-state index contributed by atoms with van der Waals surface area (Å²) in [4.78, 5) is 15.5. The van der Waals surface area contributed by atoms with Gasteiger partial charge in [-0.05, 0) is 48.2 Å². The number of hydrogen-bond acceptors (Lipinski definition) is 4. The zero-order valence-corrected chi connectivity index (χ0v) is 16.9. The quantitative estimate of drug-likeness (QED) is 0.654. The lowest BCUT2D eigenvalue weighted by molar-refractivity contribution is 0.0702. The van der Waals surface area contributed by atoms with Crippen LogP contribution in [0.25, 0.3) is 10.1 Å². The van der Waals surface area contributed by atoms with E-state index in [4.69, 9.17) is 0 Å². The molecule has 5 nitrogen and oxygen atoms in total. The van der Waals surface area contributed by atoms with Crippen molar-refractivity contribution in [3.63, 3.8) is 0 Å². The lowest BCUT2D eigenvalue weighted by Gasteiger charge is -2.34. The Bertz CT molecular complexity index is 1130. The minimum atomic E-state index is -3.69. The Hall–Kier alpha value is -2.29. The van der Waals surface area contributed by atoms with Crippen LogP contribution in [0.1, 0.15) is 15.2 Å². The summed E-state index contributed by atoms with van der Waals surface area (Å²) in [7, 11) is -3.69. The second-order valence-electron chi connectivity index (χ2n) is 6.70. The van der Waals surface area contributed by atoms with Gasteiger partial charge in [-0.25, -0.2) is 12.8 Å². The lowest BCUT2D eigenvalue weighted by atomic mass is 10.1. The van der Waals surface area contributed by atoms with E-state index in [1.165, 1.54) is 27.8 Å². The van der Waals surface area contributed by atoms with Crippen molar-refractivity contribution in [1.29, 1.82) is 0 Å². The van der Waals surface area contributed by atoms with Crippen molar-refractivity contribution in [3.05, 3.63) is 64.8 Å². The van der Waals surface area contributed by atoms with Crippen LogP contribution in [0.15, 0.2) is 53.4 Å². The average Bonchev–Trinajstić information content (AvgIpc) is 3.05. The van der Waals surface area contributed by atoms with E-state index in [1.54, 1.807) is 4.90 Å². The molecule has 0 bridgehead atoms.